The first-order valence-electron chi connectivity index (χ1n) is 7.47. The molecule has 0 aliphatic heterocycles. The van der Waals surface area contributed by atoms with Crippen LogP contribution in [0.5, 0.6) is 5.75 Å². The summed E-state index contributed by atoms with van der Waals surface area (Å²) in [6.45, 7) is 3.92. The number of nitrogens with zero attached hydrogens (tertiary/aromatic N) is 2. The van der Waals surface area contributed by atoms with Gasteiger partial charge < -0.3 is 14.3 Å². The third-order valence-corrected chi connectivity index (χ3v) is 3.25. The number of carboxylic acids is 1. The van der Waals surface area contributed by atoms with Crippen molar-refractivity contribution in [3.05, 3.63) is 54.1 Å². The maximum atomic E-state index is 11.0. The summed E-state index contributed by atoms with van der Waals surface area (Å²) < 4.78 is 11.2. The molecule has 0 radical (unpaired) electrons. The standard InChI is InChI=1S/C18H16N2O4/c1-11(2)23-15-8-6-12(7-9-15)16-19-20-17(24-16)13-4-3-5-14(10-13)18(21)22/h3-11H,1-2H3,(H,21,22). The van der Waals surface area contributed by atoms with Crippen molar-refractivity contribution in [3.8, 4) is 28.7 Å². The van der Waals surface area contributed by atoms with Crippen LogP contribution in [-0.2, 0) is 0 Å². The molecule has 0 amide bonds. The van der Waals surface area contributed by atoms with Crippen LogP contribution in [0.25, 0.3) is 22.9 Å². The molecule has 0 fully saturated rings. The minimum absolute atomic E-state index is 0.104. The maximum absolute atomic E-state index is 11.0. The van der Waals surface area contributed by atoms with Crippen molar-refractivity contribution in [2.45, 2.75) is 20.0 Å². The normalized spacial score (nSPS) is 10.8. The van der Waals surface area contributed by atoms with Gasteiger partial charge in [-0.05, 0) is 56.3 Å². The Bertz CT molecular complexity index is 853. The number of ether oxygens (including phenoxy) is 1. The zero-order valence-corrected chi connectivity index (χ0v) is 13.3. The largest absolute Gasteiger partial charge is 0.491 e. The number of benzene rings is 2. The monoisotopic (exact) mass is 324 g/mol. The SMILES string of the molecule is CC(C)Oc1ccc(-c2nnc(-c3cccc(C(=O)O)c3)o2)cc1. The minimum atomic E-state index is -1.00. The number of rotatable bonds is 5. The van der Waals surface area contributed by atoms with Gasteiger partial charge in [-0.25, -0.2) is 4.79 Å². The van der Waals surface area contributed by atoms with E-state index < -0.39 is 5.97 Å². The molecule has 3 aromatic rings. The summed E-state index contributed by atoms with van der Waals surface area (Å²) in [7, 11) is 0. The van der Waals surface area contributed by atoms with Crippen molar-refractivity contribution in [1.82, 2.24) is 10.2 Å². The summed E-state index contributed by atoms with van der Waals surface area (Å²) in [5, 5.41) is 17.1. The molecule has 0 atom stereocenters. The number of aromatic nitrogens is 2. The van der Waals surface area contributed by atoms with E-state index in [2.05, 4.69) is 10.2 Å². The first-order valence-corrected chi connectivity index (χ1v) is 7.47. The van der Waals surface area contributed by atoms with E-state index in [-0.39, 0.29) is 17.6 Å². The lowest BCUT2D eigenvalue weighted by Gasteiger charge is -2.09. The van der Waals surface area contributed by atoms with E-state index in [9.17, 15) is 4.79 Å². The van der Waals surface area contributed by atoms with Gasteiger partial charge in [-0.3, -0.25) is 0 Å². The summed E-state index contributed by atoms with van der Waals surface area (Å²) in [5.41, 5.74) is 1.50. The summed E-state index contributed by atoms with van der Waals surface area (Å²) in [6.07, 6.45) is 0.104. The van der Waals surface area contributed by atoms with Gasteiger partial charge in [0.05, 0.1) is 11.7 Å². The Balaban J connectivity index is 1.85. The summed E-state index contributed by atoms with van der Waals surface area (Å²) in [6, 6.07) is 13.7. The quantitative estimate of drug-likeness (QED) is 0.766. The molecule has 0 aliphatic carbocycles. The van der Waals surface area contributed by atoms with Crippen molar-refractivity contribution >= 4 is 5.97 Å². The van der Waals surface area contributed by atoms with Gasteiger partial charge in [-0.2, -0.15) is 0 Å². The van der Waals surface area contributed by atoms with E-state index in [1.54, 1.807) is 12.1 Å². The molecule has 0 spiro atoms. The van der Waals surface area contributed by atoms with Crippen molar-refractivity contribution in [3.63, 3.8) is 0 Å². The Morgan fingerprint density at radius 3 is 2.33 bits per heavy atom. The lowest BCUT2D eigenvalue weighted by atomic mass is 10.1. The minimum Gasteiger partial charge on any atom is -0.491 e. The summed E-state index contributed by atoms with van der Waals surface area (Å²) >= 11 is 0. The number of carbonyl (C=O) groups is 1. The van der Waals surface area contributed by atoms with E-state index in [0.717, 1.165) is 11.3 Å². The summed E-state index contributed by atoms with van der Waals surface area (Å²) in [5.74, 6) is 0.400. The zero-order chi connectivity index (χ0) is 17.1. The molecule has 6 nitrogen and oxygen atoms in total. The van der Waals surface area contributed by atoms with Gasteiger partial charge in [0.15, 0.2) is 0 Å². The second kappa shape index (κ2) is 6.54. The van der Waals surface area contributed by atoms with Crippen LogP contribution in [0.3, 0.4) is 0 Å². The maximum Gasteiger partial charge on any atom is 0.335 e. The molecule has 1 N–H and O–H groups in total. The van der Waals surface area contributed by atoms with Gasteiger partial charge in [-0.15, -0.1) is 10.2 Å². The number of aromatic carboxylic acids is 1. The number of hydrogen-bond acceptors (Lipinski definition) is 5. The van der Waals surface area contributed by atoms with Gasteiger partial charge >= 0.3 is 5.97 Å². The topological polar surface area (TPSA) is 85.5 Å². The van der Waals surface area contributed by atoms with E-state index in [1.807, 2.05) is 38.1 Å². The van der Waals surface area contributed by atoms with E-state index in [1.165, 1.54) is 12.1 Å². The Kier molecular flexibility index (Phi) is 4.29. The molecule has 3 rings (SSSR count). The van der Waals surface area contributed by atoms with Crippen molar-refractivity contribution in [2.75, 3.05) is 0 Å². The lowest BCUT2D eigenvalue weighted by molar-refractivity contribution is 0.0697. The Labute approximate surface area is 138 Å². The molecule has 0 aliphatic rings. The fourth-order valence-electron chi connectivity index (χ4n) is 2.19. The number of carboxylic acid groups (broad SMARTS) is 1. The molecule has 0 bridgehead atoms. The van der Waals surface area contributed by atoms with Gasteiger partial charge in [0, 0.05) is 11.1 Å². The molecule has 24 heavy (non-hydrogen) atoms. The van der Waals surface area contributed by atoms with Crippen LogP contribution in [0.1, 0.15) is 24.2 Å². The summed E-state index contributed by atoms with van der Waals surface area (Å²) in [4.78, 5) is 11.0. The van der Waals surface area contributed by atoms with Crippen molar-refractivity contribution in [1.29, 1.82) is 0 Å². The fourth-order valence-corrected chi connectivity index (χ4v) is 2.19. The molecule has 122 valence electrons. The van der Waals surface area contributed by atoms with Crippen LogP contribution in [0.2, 0.25) is 0 Å². The van der Waals surface area contributed by atoms with Gasteiger partial charge in [0.1, 0.15) is 5.75 Å². The number of hydrogen-bond donors (Lipinski definition) is 1. The predicted molar refractivity (Wildman–Crippen MR) is 87.9 cm³/mol. The molecular weight excluding hydrogens is 308 g/mol. The highest BCUT2D eigenvalue weighted by Crippen LogP contribution is 2.26. The smallest absolute Gasteiger partial charge is 0.335 e. The average molecular weight is 324 g/mol. The first kappa shape index (κ1) is 15.7. The third-order valence-electron chi connectivity index (χ3n) is 3.25. The fraction of sp³-hybridized carbons (Fsp3) is 0.167. The molecule has 1 aromatic heterocycles. The van der Waals surface area contributed by atoms with Gasteiger partial charge in [-0.1, -0.05) is 6.07 Å². The zero-order valence-electron chi connectivity index (χ0n) is 13.3. The van der Waals surface area contributed by atoms with Crippen molar-refractivity contribution in [2.24, 2.45) is 0 Å². The van der Waals surface area contributed by atoms with Crippen LogP contribution in [0.4, 0.5) is 0 Å². The molecule has 0 saturated carbocycles. The van der Waals surface area contributed by atoms with E-state index in [0.29, 0.717) is 11.5 Å². The van der Waals surface area contributed by atoms with Gasteiger partial charge in [0.2, 0.25) is 11.8 Å². The average Bonchev–Trinajstić information content (AvgIpc) is 3.05. The Morgan fingerprint density at radius 2 is 1.71 bits per heavy atom. The third kappa shape index (κ3) is 3.43. The van der Waals surface area contributed by atoms with Crippen LogP contribution in [0, 0.1) is 0 Å². The van der Waals surface area contributed by atoms with Crippen LogP contribution in [0.15, 0.2) is 52.9 Å². The van der Waals surface area contributed by atoms with Crippen LogP contribution < -0.4 is 4.74 Å². The molecule has 1 heterocycles. The van der Waals surface area contributed by atoms with Crippen LogP contribution >= 0.6 is 0 Å². The highest BCUT2D eigenvalue weighted by atomic mass is 16.5. The first-order chi connectivity index (χ1) is 11.5. The molecular formula is C18H16N2O4. The van der Waals surface area contributed by atoms with Gasteiger partial charge in [0.25, 0.3) is 0 Å². The van der Waals surface area contributed by atoms with E-state index >= 15 is 0 Å². The second-order valence-electron chi connectivity index (χ2n) is 5.49. The molecule has 0 saturated heterocycles. The van der Waals surface area contributed by atoms with Crippen molar-refractivity contribution < 1.29 is 19.1 Å². The molecule has 2 aromatic carbocycles. The molecule has 0 unspecified atom stereocenters. The lowest BCUT2D eigenvalue weighted by Crippen LogP contribution is -2.05. The van der Waals surface area contributed by atoms with Crippen LogP contribution in [-0.4, -0.2) is 27.4 Å². The van der Waals surface area contributed by atoms with E-state index in [4.69, 9.17) is 14.3 Å². The Morgan fingerprint density at radius 1 is 1.04 bits per heavy atom. The molecule has 6 heteroatoms. The highest BCUT2D eigenvalue weighted by Gasteiger charge is 2.12. The Hall–Kier alpha value is -3.15. The highest BCUT2D eigenvalue weighted by molar-refractivity contribution is 5.88. The predicted octanol–water partition coefficient (Wildman–Crippen LogP) is 3.89. The second-order valence-corrected chi connectivity index (χ2v) is 5.49.